The van der Waals surface area contributed by atoms with Crippen LogP contribution in [0, 0.1) is 6.92 Å². The summed E-state index contributed by atoms with van der Waals surface area (Å²) in [6.45, 7) is 2.29. The van der Waals surface area contributed by atoms with Gasteiger partial charge in [-0.25, -0.2) is 4.79 Å². The Morgan fingerprint density at radius 1 is 1.56 bits per heavy atom. The Bertz CT molecular complexity index is 485. The first-order valence-corrected chi connectivity index (χ1v) is 6.35. The minimum atomic E-state index is -0.931. The Labute approximate surface area is 101 Å². The highest BCUT2D eigenvalue weighted by atomic mass is 32.1. The molecule has 2 aromatic heterocycles. The Morgan fingerprint density at radius 2 is 2.38 bits per heavy atom. The van der Waals surface area contributed by atoms with E-state index in [0.29, 0.717) is 12.4 Å². The molecule has 0 saturated heterocycles. The van der Waals surface area contributed by atoms with Gasteiger partial charge in [0.1, 0.15) is 12.4 Å². The molecule has 3 nitrogen and oxygen atoms in total. The maximum absolute atomic E-state index is 10.9. The first-order chi connectivity index (χ1) is 7.66. The van der Waals surface area contributed by atoms with Crippen molar-refractivity contribution in [2.24, 2.45) is 0 Å². The molecular formula is C11H10O3S2. The number of thiophene rings is 2. The van der Waals surface area contributed by atoms with E-state index in [4.69, 9.17) is 9.84 Å². The van der Waals surface area contributed by atoms with Gasteiger partial charge in [-0.15, -0.1) is 22.7 Å². The van der Waals surface area contributed by atoms with Crippen molar-refractivity contribution in [2.45, 2.75) is 13.5 Å². The van der Waals surface area contributed by atoms with Gasteiger partial charge in [-0.2, -0.15) is 0 Å². The summed E-state index contributed by atoms with van der Waals surface area (Å²) in [5.41, 5.74) is 0. The lowest BCUT2D eigenvalue weighted by Gasteiger charge is -2.02. The normalized spacial score (nSPS) is 10.3. The number of rotatable bonds is 4. The average Bonchev–Trinajstić information content (AvgIpc) is 2.83. The van der Waals surface area contributed by atoms with E-state index in [1.165, 1.54) is 11.3 Å². The van der Waals surface area contributed by atoms with E-state index in [1.807, 2.05) is 24.4 Å². The summed E-state index contributed by atoms with van der Waals surface area (Å²) in [6.07, 6.45) is 0. The van der Waals surface area contributed by atoms with Crippen molar-refractivity contribution >= 4 is 28.6 Å². The fraction of sp³-hybridized carbons (Fsp3) is 0.182. The molecule has 1 N–H and O–H groups in total. The van der Waals surface area contributed by atoms with Crippen LogP contribution < -0.4 is 4.74 Å². The van der Waals surface area contributed by atoms with E-state index in [0.717, 1.165) is 9.75 Å². The predicted octanol–water partition coefficient (Wildman–Crippen LogP) is 3.40. The van der Waals surface area contributed by atoms with Crippen LogP contribution in [0.4, 0.5) is 0 Å². The fourth-order valence-corrected chi connectivity index (χ4v) is 2.70. The molecule has 0 spiro atoms. The van der Waals surface area contributed by atoms with Gasteiger partial charge in [0.05, 0.1) is 0 Å². The van der Waals surface area contributed by atoms with E-state index < -0.39 is 5.97 Å². The van der Waals surface area contributed by atoms with Gasteiger partial charge in [-0.3, -0.25) is 0 Å². The lowest BCUT2D eigenvalue weighted by molar-refractivity contribution is 0.0697. The van der Waals surface area contributed by atoms with E-state index >= 15 is 0 Å². The standard InChI is InChI=1S/C11H10O3S2/c1-7-5-9(10(16-7)11(12)13)14-6-8-3-2-4-15-8/h2-5H,6H2,1H3,(H,12,13). The minimum absolute atomic E-state index is 0.272. The fourth-order valence-electron chi connectivity index (χ4n) is 1.29. The number of ether oxygens (including phenoxy) is 1. The molecule has 0 aliphatic heterocycles. The summed E-state index contributed by atoms with van der Waals surface area (Å²) < 4.78 is 5.50. The van der Waals surface area contributed by atoms with Crippen LogP contribution in [0.3, 0.4) is 0 Å². The Hall–Kier alpha value is -1.33. The van der Waals surface area contributed by atoms with Crippen LogP contribution in [0.5, 0.6) is 5.75 Å². The molecule has 5 heteroatoms. The highest BCUT2D eigenvalue weighted by Crippen LogP contribution is 2.29. The Balaban J connectivity index is 2.12. The SMILES string of the molecule is Cc1cc(OCc2cccs2)c(C(=O)O)s1. The maximum atomic E-state index is 10.9. The molecule has 2 heterocycles. The van der Waals surface area contributed by atoms with Crippen LogP contribution in [0.25, 0.3) is 0 Å². The minimum Gasteiger partial charge on any atom is -0.486 e. The summed E-state index contributed by atoms with van der Waals surface area (Å²) in [7, 11) is 0. The zero-order valence-corrected chi connectivity index (χ0v) is 10.2. The molecule has 0 fully saturated rings. The van der Waals surface area contributed by atoms with Crippen LogP contribution in [-0.4, -0.2) is 11.1 Å². The Morgan fingerprint density at radius 3 is 3.00 bits per heavy atom. The van der Waals surface area contributed by atoms with E-state index in [1.54, 1.807) is 17.4 Å². The number of hydrogen-bond acceptors (Lipinski definition) is 4. The summed E-state index contributed by atoms with van der Waals surface area (Å²) in [5, 5.41) is 10.9. The van der Waals surface area contributed by atoms with E-state index in [-0.39, 0.29) is 4.88 Å². The van der Waals surface area contributed by atoms with Crippen molar-refractivity contribution in [2.75, 3.05) is 0 Å². The number of aromatic carboxylic acids is 1. The first-order valence-electron chi connectivity index (χ1n) is 4.65. The molecule has 0 aliphatic carbocycles. The molecular weight excluding hydrogens is 244 g/mol. The van der Waals surface area contributed by atoms with Crippen molar-refractivity contribution in [3.8, 4) is 5.75 Å². The van der Waals surface area contributed by atoms with Crippen LogP contribution in [0.2, 0.25) is 0 Å². The molecule has 84 valence electrons. The number of hydrogen-bond donors (Lipinski definition) is 1. The lowest BCUT2D eigenvalue weighted by Crippen LogP contribution is -1.98. The van der Waals surface area contributed by atoms with Gasteiger partial charge in [0.2, 0.25) is 0 Å². The zero-order chi connectivity index (χ0) is 11.5. The second kappa shape index (κ2) is 4.67. The molecule has 0 radical (unpaired) electrons. The first kappa shape index (κ1) is 11.2. The number of carboxylic acids is 1. The largest absolute Gasteiger partial charge is 0.486 e. The topological polar surface area (TPSA) is 46.5 Å². The molecule has 0 unspecified atom stereocenters. The quantitative estimate of drug-likeness (QED) is 0.909. The summed E-state index contributed by atoms with van der Waals surface area (Å²) in [4.78, 5) is 13.2. The number of carbonyl (C=O) groups is 1. The third kappa shape index (κ3) is 2.43. The van der Waals surface area contributed by atoms with Gasteiger partial charge in [-0.05, 0) is 24.4 Å². The van der Waals surface area contributed by atoms with Gasteiger partial charge in [0.15, 0.2) is 4.88 Å². The van der Waals surface area contributed by atoms with Crippen molar-refractivity contribution in [3.63, 3.8) is 0 Å². The van der Waals surface area contributed by atoms with E-state index in [9.17, 15) is 4.79 Å². The van der Waals surface area contributed by atoms with Gasteiger partial charge in [-0.1, -0.05) is 6.07 Å². The van der Waals surface area contributed by atoms with Gasteiger partial charge in [0, 0.05) is 9.75 Å². The molecule has 0 amide bonds. The predicted molar refractivity (Wildman–Crippen MR) is 64.7 cm³/mol. The van der Waals surface area contributed by atoms with Crippen LogP contribution >= 0.6 is 22.7 Å². The molecule has 0 bridgehead atoms. The number of carboxylic acid groups (broad SMARTS) is 1. The van der Waals surface area contributed by atoms with Crippen molar-refractivity contribution < 1.29 is 14.6 Å². The summed E-state index contributed by atoms with van der Waals surface area (Å²) in [5.74, 6) is -0.470. The van der Waals surface area contributed by atoms with Crippen LogP contribution in [-0.2, 0) is 6.61 Å². The zero-order valence-electron chi connectivity index (χ0n) is 8.60. The lowest BCUT2D eigenvalue weighted by atomic mass is 10.4. The van der Waals surface area contributed by atoms with Gasteiger partial charge >= 0.3 is 5.97 Å². The average molecular weight is 254 g/mol. The molecule has 0 aliphatic rings. The van der Waals surface area contributed by atoms with Crippen LogP contribution in [0.1, 0.15) is 19.4 Å². The van der Waals surface area contributed by atoms with E-state index in [2.05, 4.69) is 0 Å². The van der Waals surface area contributed by atoms with Crippen molar-refractivity contribution in [1.29, 1.82) is 0 Å². The molecule has 16 heavy (non-hydrogen) atoms. The molecule has 2 rings (SSSR count). The summed E-state index contributed by atoms with van der Waals surface area (Å²) in [6, 6.07) is 5.67. The maximum Gasteiger partial charge on any atom is 0.349 e. The second-order valence-electron chi connectivity index (χ2n) is 3.22. The third-order valence-electron chi connectivity index (χ3n) is 1.97. The monoisotopic (exact) mass is 254 g/mol. The molecule has 0 aromatic carbocycles. The number of aryl methyl sites for hydroxylation is 1. The molecule has 0 atom stereocenters. The summed E-state index contributed by atoms with van der Waals surface area (Å²) >= 11 is 2.83. The van der Waals surface area contributed by atoms with Crippen molar-refractivity contribution in [3.05, 3.63) is 38.2 Å². The second-order valence-corrected chi connectivity index (χ2v) is 5.51. The van der Waals surface area contributed by atoms with Gasteiger partial charge in [0.25, 0.3) is 0 Å². The van der Waals surface area contributed by atoms with Crippen LogP contribution in [0.15, 0.2) is 23.6 Å². The van der Waals surface area contributed by atoms with Crippen molar-refractivity contribution in [1.82, 2.24) is 0 Å². The Kier molecular flexibility index (Phi) is 3.26. The van der Waals surface area contributed by atoms with Gasteiger partial charge < -0.3 is 9.84 Å². The molecule has 2 aromatic rings. The highest BCUT2D eigenvalue weighted by molar-refractivity contribution is 7.14. The highest BCUT2D eigenvalue weighted by Gasteiger charge is 2.15. The molecule has 0 saturated carbocycles. The smallest absolute Gasteiger partial charge is 0.349 e. The third-order valence-corrected chi connectivity index (χ3v) is 3.84.